The summed E-state index contributed by atoms with van der Waals surface area (Å²) >= 11 is 1.70. The fraction of sp³-hybridized carbons (Fsp3) is 0.500. The molecule has 1 N–H and O–H groups in total. The van der Waals surface area contributed by atoms with Crippen molar-refractivity contribution in [2.24, 2.45) is 5.92 Å². The molecule has 2 aromatic rings. The van der Waals surface area contributed by atoms with Gasteiger partial charge in [0.2, 0.25) is 0 Å². The van der Waals surface area contributed by atoms with E-state index in [0.717, 1.165) is 29.5 Å². The molecule has 0 atom stereocenters. The second-order valence-electron chi connectivity index (χ2n) is 5.65. The lowest BCUT2D eigenvalue weighted by Gasteiger charge is -2.05. The predicted octanol–water partition coefficient (Wildman–Crippen LogP) is 3.61. The molecule has 0 aliphatic carbocycles. The van der Waals surface area contributed by atoms with Gasteiger partial charge in [-0.1, -0.05) is 37.3 Å². The molecule has 2 rings (SSSR count). The van der Waals surface area contributed by atoms with Crippen LogP contribution in [-0.4, -0.2) is 23.3 Å². The molecule has 0 amide bonds. The van der Waals surface area contributed by atoms with Crippen molar-refractivity contribution in [3.8, 4) is 10.6 Å². The van der Waals surface area contributed by atoms with Gasteiger partial charge in [0.25, 0.3) is 0 Å². The third kappa shape index (κ3) is 4.12. The highest BCUT2D eigenvalue weighted by Gasteiger charge is 2.07. The average Bonchev–Trinajstić information content (AvgIpc) is 2.86. The number of rotatable bonds is 6. The van der Waals surface area contributed by atoms with Crippen LogP contribution in [0.5, 0.6) is 0 Å². The van der Waals surface area contributed by atoms with Crippen molar-refractivity contribution >= 4 is 11.3 Å². The highest BCUT2D eigenvalue weighted by Crippen LogP contribution is 2.25. The molecule has 20 heavy (non-hydrogen) atoms. The first kappa shape index (κ1) is 15.1. The number of hydrogen-bond acceptors (Lipinski definition) is 4. The van der Waals surface area contributed by atoms with Crippen molar-refractivity contribution < 1.29 is 0 Å². The van der Waals surface area contributed by atoms with Crippen LogP contribution in [0.3, 0.4) is 0 Å². The Bertz CT molecular complexity index is 561. The molecule has 0 fully saturated rings. The molecule has 0 saturated heterocycles. The van der Waals surface area contributed by atoms with Crippen molar-refractivity contribution in [2.75, 3.05) is 13.1 Å². The number of aryl methyl sites for hydroxylation is 2. The molecule has 1 aromatic heterocycles. The van der Waals surface area contributed by atoms with E-state index in [1.807, 2.05) is 0 Å². The lowest BCUT2D eigenvalue weighted by Crippen LogP contribution is -2.22. The van der Waals surface area contributed by atoms with Crippen LogP contribution >= 0.6 is 11.3 Å². The summed E-state index contributed by atoms with van der Waals surface area (Å²) in [5, 5.41) is 14.2. The molecule has 1 heterocycles. The summed E-state index contributed by atoms with van der Waals surface area (Å²) in [4.78, 5) is 0. The van der Waals surface area contributed by atoms with E-state index in [-0.39, 0.29) is 0 Å². The van der Waals surface area contributed by atoms with E-state index >= 15 is 0 Å². The zero-order chi connectivity index (χ0) is 14.5. The molecule has 3 nitrogen and oxygen atoms in total. The minimum absolute atomic E-state index is 0.690. The van der Waals surface area contributed by atoms with Crippen LogP contribution in [-0.2, 0) is 6.42 Å². The van der Waals surface area contributed by atoms with Gasteiger partial charge in [-0.05, 0) is 43.5 Å². The number of nitrogens with one attached hydrogen (secondary N) is 1. The highest BCUT2D eigenvalue weighted by molar-refractivity contribution is 7.14. The van der Waals surface area contributed by atoms with Gasteiger partial charge >= 0.3 is 0 Å². The summed E-state index contributed by atoms with van der Waals surface area (Å²) in [7, 11) is 0. The van der Waals surface area contributed by atoms with Gasteiger partial charge in [0.05, 0.1) is 0 Å². The minimum Gasteiger partial charge on any atom is -0.316 e. The van der Waals surface area contributed by atoms with E-state index in [2.05, 4.69) is 61.4 Å². The minimum atomic E-state index is 0.690. The molecule has 0 spiro atoms. The van der Waals surface area contributed by atoms with Crippen molar-refractivity contribution in [2.45, 2.75) is 34.1 Å². The van der Waals surface area contributed by atoms with E-state index in [4.69, 9.17) is 0 Å². The van der Waals surface area contributed by atoms with Gasteiger partial charge in [-0.3, -0.25) is 0 Å². The highest BCUT2D eigenvalue weighted by atomic mass is 32.1. The van der Waals surface area contributed by atoms with E-state index < -0.39 is 0 Å². The first-order chi connectivity index (χ1) is 9.56. The smallest absolute Gasteiger partial charge is 0.147 e. The monoisotopic (exact) mass is 289 g/mol. The van der Waals surface area contributed by atoms with Crippen LogP contribution in [0.4, 0.5) is 0 Å². The lowest BCUT2D eigenvalue weighted by molar-refractivity contribution is 0.553. The molecule has 0 radical (unpaired) electrons. The first-order valence-electron chi connectivity index (χ1n) is 7.17. The largest absolute Gasteiger partial charge is 0.316 e. The van der Waals surface area contributed by atoms with Gasteiger partial charge in [0.15, 0.2) is 0 Å². The Morgan fingerprint density at radius 1 is 1.15 bits per heavy atom. The third-order valence-electron chi connectivity index (χ3n) is 3.29. The van der Waals surface area contributed by atoms with E-state index in [1.54, 1.807) is 11.3 Å². The normalized spacial score (nSPS) is 11.2. The van der Waals surface area contributed by atoms with E-state index in [9.17, 15) is 0 Å². The number of aromatic nitrogens is 2. The average molecular weight is 289 g/mol. The first-order valence-corrected chi connectivity index (χ1v) is 7.98. The standard InChI is InChI=1S/C16H23N3S/c1-11(2)10-17-8-7-15-18-19-16(20-15)14-6-5-12(3)13(4)9-14/h5-6,9,11,17H,7-8,10H2,1-4H3. The molecule has 108 valence electrons. The summed E-state index contributed by atoms with van der Waals surface area (Å²) in [5.74, 6) is 0.690. The predicted molar refractivity (Wildman–Crippen MR) is 86.2 cm³/mol. The number of benzene rings is 1. The summed E-state index contributed by atoms with van der Waals surface area (Å²) in [5.41, 5.74) is 3.79. The molecule has 0 aliphatic rings. The summed E-state index contributed by atoms with van der Waals surface area (Å²) in [6, 6.07) is 6.47. The Balaban J connectivity index is 1.96. The van der Waals surface area contributed by atoms with Crippen LogP contribution in [0.1, 0.15) is 30.0 Å². The van der Waals surface area contributed by atoms with Gasteiger partial charge in [-0.15, -0.1) is 10.2 Å². The Kier molecular flexibility index (Phi) is 5.26. The summed E-state index contributed by atoms with van der Waals surface area (Å²) < 4.78 is 0. The van der Waals surface area contributed by atoms with Crippen LogP contribution in [0.2, 0.25) is 0 Å². The number of nitrogens with zero attached hydrogens (tertiary/aromatic N) is 2. The molecule has 0 aliphatic heterocycles. The SMILES string of the molecule is Cc1ccc(-c2nnc(CCNCC(C)C)s2)cc1C. The maximum atomic E-state index is 4.31. The fourth-order valence-electron chi connectivity index (χ4n) is 1.93. The van der Waals surface area contributed by atoms with Crippen molar-refractivity contribution in [3.05, 3.63) is 34.3 Å². The molecule has 1 aromatic carbocycles. The molecule has 0 unspecified atom stereocenters. The quantitative estimate of drug-likeness (QED) is 0.826. The Morgan fingerprint density at radius 3 is 2.65 bits per heavy atom. The Hall–Kier alpha value is -1.26. The van der Waals surface area contributed by atoms with Gasteiger partial charge in [0.1, 0.15) is 10.0 Å². The topological polar surface area (TPSA) is 37.8 Å². The molecular formula is C16H23N3S. The van der Waals surface area contributed by atoms with E-state index in [0.29, 0.717) is 5.92 Å². The zero-order valence-electron chi connectivity index (χ0n) is 12.7. The second kappa shape index (κ2) is 6.95. The van der Waals surface area contributed by atoms with E-state index in [1.165, 1.54) is 16.7 Å². The maximum Gasteiger partial charge on any atom is 0.147 e. The van der Waals surface area contributed by atoms with Crippen LogP contribution in [0, 0.1) is 19.8 Å². The third-order valence-corrected chi connectivity index (χ3v) is 4.32. The fourth-order valence-corrected chi connectivity index (χ4v) is 2.77. The van der Waals surface area contributed by atoms with Crippen LogP contribution in [0.25, 0.3) is 10.6 Å². The lowest BCUT2D eigenvalue weighted by atomic mass is 10.1. The molecule has 4 heteroatoms. The van der Waals surface area contributed by atoms with Crippen molar-refractivity contribution in [1.29, 1.82) is 0 Å². The van der Waals surface area contributed by atoms with Crippen molar-refractivity contribution in [1.82, 2.24) is 15.5 Å². The van der Waals surface area contributed by atoms with Crippen LogP contribution in [0.15, 0.2) is 18.2 Å². The summed E-state index contributed by atoms with van der Waals surface area (Å²) in [6.45, 7) is 10.7. The molecular weight excluding hydrogens is 266 g/mol. The van der Waals surface area contributed by atoms with Crippen molar-refractivity contribution in [3.63, 3.8) is 0 Å². The maximum absolute atomic E-state index is 4.31. The summed E-state index contributed by atoms with van der Waals surface area (Å²) in [6.07, 6.45) is 0.954. The van der Waals surface area contributed by atoms with Gasteiger partial charge in [0, 0.05) is 18.5 Å². The van der Waals surface area contributed by atoms with Crippen LogP contribution < -0.4 is 5.32 Å². The number of hydrogen-bond donors (Lipinski definition) is 1. The van der Waals surface area contributed by atoms with Gasteiger partial charge < -0.3 is 5.32 Å². The molecule has 0 saturated carbocycles. The Labute approximate surface area is 125 Å². The van der Waals surface area contributed by atoms with Gasteiger partial charge in [-0.25, -0.2) is 0 Å². The second-order valence-corrected chi connectivity index (χ2v) is 6.71. The van der Waals surface area contributed by atoms with Gasteiger partial charge in [-0.2, -0.15) is 0 Å². The molecule has 0 bridgehead atoms. The zero-order valence-corrected chi connectivity index (χ0v) is 13.5. The Morgan fingerprint density at radius 2 is 1.95 bits per heavy atom.